The molecule has 0 rings (SSSR count). The van der Waals surface area contributed by atoms with Crippen molar-refractivity contribution in [2.45, 2.75) is 84.5 Å². The Morgan fingerprint density at radius 3 is 1.63 bits per heavy atom. The van der Waals surface area contributed by atoms with E-state index in [1.165, 1.54) is 0 Å². The Morgan fingerprint density at radius 1 is 0.632 bits per heavy atom. The van der Waals surface area contributed by atoms with Gasteiger partial charge in [0.15, 0.2) is 0 Å². The van der Waals surface area contributed by atoms with Gasteiger partial charge in [0, 0.05) is 32.1 Å². The number of hydrogen-bond donors (Lipinski definition) is 0. The highest BCUT2D eigenvalue weighted by Crippen LogP contribution is 2.09. The molecule has 0 amide bonds. The van der Waals surface area contributed by atoms with Crippen LogP contribution in [0.5, 0.6) is 0 Å². The maximum Gasteiger partial charge on any atom is 0.132 e. The number of carbonyl (C=O) groups is 3. The molecule has 19 heavy (non-hydrogen) atoms. The second kappa shape index (κ2) is 12.1. The zero-order valence-electron chi connectivity index (χ0n) is 12.5. The molecule has 0 unspecified atom stereocenters. The lowest BCUT2D eigenvalue weighted by Gasteiger charge is -2.01. The van der Waals surface area contributed by atoms with E-state index in [4.69, 9.17) is 0 Å². The molecule has 0 N–H and O–H groups in total. The summed E-state index contributed by atoms with van der Waals surface area (Å²) in [6.45, 7) is 3.67. The maximum absolute atomic E-state index is 11.6. The SMILES string of the molecule is CCCCC(=O)CCCC(=O)CCCCCC(C)=O. The standard InChI is InChI=1S/C16H28O3/c1-3-4-10-15(18)12-8-13-16(19)11-7-5-6-9-14(2)17/h3-13H2,1-2H3. The molecule has 0 saturated carbocycles. The van der Waals surface area contributed by atoms with Gasteiger partial charge in [-0.15, -0.1) is 0 Å². The fourth-order valence-electron chi connectivity index (χ4n) is 1.98. The first-order valence-electron chi connectivity index (χ1n) is 7.59. The summed E-state index contributed by atoms with van der Waals surface area (Å²) >= 11 is 0. The van der Waals surface area contributed by atoms with E-state index >= 15 is 0 Å². The summed E-state index contributed by atoms with van der Waals surface area (Å²) in [5.41, 5.74) is 0. The van der Waals surface area contributed by atoms with Crippen molar-refractivity contribution in [1.29, 1.82) is 0 Å². The molecule has 0 spiro atoms. The number of Topliss-reactive ketones (excluding diaryl/α,β-unsaturated/α-hetero) is 3. The Morgan fingerprint density at radius 2 is 1.11 bits per heavy atom. The molecule has 0 saturated heterocycles. The summed E-state index contributed by atoms with van der Waals surface area (Å²) in [4.78, 5) is 33.7. The van der Waals surface area contributed by atoms with Crippen LogP contribution in [0, 0.1) is 0 Å². The first-order chi connectivity index (χ1) is 9.06. The molecule has 3 heteroatoms. The van der Waals surface area contributed by atoms with Gasteiger partial charge in [-0.05, 0) is 32.6 Å². The lowest BCUT2D eigenvalue weighted by Crippen LogP contribution is -2.02. The molecule has 0 radical (unpaired) electrons. The molecule has 3 nitrogen and oxygen atoms in total. The van der Waals surface area contributed by atoms with E-state index in [1.54, 1.807) is 6.92 Å². The highest BCUT2D eigenvalue weighted by molar-refractivity contribution is 5.81. The van der Waals surface area contributed by atoms with E-state index in [0.29, 0.717) is 38.5 Å². The Balaban J connectivity index is 3.39. The van der Waals surface area contributed by atoms with Crippen molar-refractivity contribution in [2.24, 2.45) is 0 Å². The summed E-state index contributed by atoms with van der Waals surface area (Å²) in [5, 5.41) is 0. The quantitative estimate of drug-likeness (QED) is 0.474. The van der Waals surface area contributed by atoms with E-state index in [9.17, 15) is 14.4 Å². The third kappa shape index (κ3) is 13.2. The fourth-order valence-corrected chi connectivity index (χ4v) is 1.98. The minimum Gasteiger partial charge on any atom is -0.300 e. The van der Waals surface area contributed by atoms with Gasteiger partial charge >= 0.3 is 0 Å². The van der Waals surface area contributed by atoms with Crippen LogP contribution >= 0.6 is 0 Å². The van der Waals surface area contributed by atoms with E-state index in [1.807, 2.05) is 0 Å². The number of carbonyl (C=O) groups excluding carboxylic acids is 3. The molecule has 0 aliphatic heterocycles. The van der Waals surface area contributed by atoms with Crippen LogP contribution in [0.3, 0.4) is 0 Å². The molecule has 0 bridgehead atoms. The maximum atomic E-state index is 11.6. The predicted molar refractivity (Wildman–Crippen MR) is 77.2 cm³/mol. The van der Waals surface area contributed by atoms with Crippen LogP contribution in [-0.2, 0) is 14.4 Å². The smallest absolute Gasteiger partial charge is 0.132 e. The van der Waals surface area contributed by atoms with Crippen LogP contribution < -0.4 is 0 Å². The third-order valence-electron chi connectivity index (χ3n) is 3.20. The summed E-state index contributed by atoms with van der Waals surface area (Å²) in [6.07, 6.45) is 8.38. The first kappa shape index (κ1) is 18.0. The number of unbranched alkanes of at least 4 members (excludes halogenated alkanes) is 3. The second-order valence-corrected chi connectivity index (χ2v) is 5.30. The molecule has 110 valence electrons. The summed E-state index contributed by atoms with van der Waals surface area (Å²) < 4.78 is 0. The fraction of sp³-hybridized carbons (Fsp3) is 0.812. The number of ketones is 3. The second-order valence-electron chi connectivity index (χ2n) is 5.30. The van der Waals surface area contributed by atoms with Crippen LogP contribution in [-0.4, -0.2) is 17.3 Å². The zero-order valence-corrected chi connectivity index (χ0v) is 12.5. The predicted octanol–water partition coefficient (Wildman–Crippen LogP) is 4.02. The Bertz CT molecular complexity index is 282. The van der Waals surface area contributed by atoms with E-state index in [-0.39, 0.29) is 17.3 Å². The van der Waals surface area contributed by atoms with Gasteiger partial charge in [-0.1, -0.05) is 19.8 Å². The van der Waals surface area contributed by atoms with Gasteiger partial charge in [-0.3, -0.25) is 9.59 Å². The number of rotatable bonds is 13. The van der Waals surface area contributed by atoms with Crippen LogP contribution in [0.15, 0.2) is 0 Å². The summed E-state index contributed by atoms with van der Waals surface area (Å²) in [6, 6.07) is 0. The van der Waals surface area contributed by atoms with Crippen molar-refractivity contribution in [1.82, 2.24) is 0 Å². The molecule has 0 aromatic heterocycles. The molecule has 0 aliphatic carbocycles. The lowest BCUT2D eigenvalue weighted by molar-refractivity contribution is -0.120. The average molecular weight is 268 g/mol. The van der Waals surface area contributed by atoms with Gasteiger partial charge in [-0.2, -0.15) is 0 Å². The normalized spacial score (nSPS) is 10.4. The van der Waals surface area contributed by atoms with E-state index < -0.39 is 0 Å². The summed E-state index contributed by atoms with van der Waals surface area (Å²) in [5.74, 6) is 0.763. The van der Waals surface area contributed by atoms with Gasteiger partial charge in [0.1, 0.15) is 17.3 Å². The van der Waals surface area contributed by atoms with Crippen molar-refractivity contribution in [2.75, 3.05) is 0 Å². The molecular formula is C16H28O3. The minimum atomic E-state index is 0.219. The largest absolute Gasteiger partial charge is 0.300 e. The highest BCUT2D eigenvalue weighted by Gasteiger charge is 2.05. The molecule has 0 fully saturated rings. The van der Waals surface area contributed by atoms with Crippen LogP contribution in [0.25, 0.3) is 0 Å². The molecular weight excluding hydrogens is 240 g/mol. The van der Waals surface area contributed by atoms with Gasteiger partial charge < -0.3 is 4.79 Å². The van der Waals surface area contributed by atoms with Crippen molar-refractivity contribution < 1.29 is 14.4 Å². The van der Waals surface area contributed by atoms with Crippen LogP contribution in [0.1, 0.15) is 84.5 Å². The van der Waals surface area contributed by atoms with Gasteiger partial charge in [0.25, 0.3) is 0 Å². The van der Waals surface area contributed by atoms with E-state index in [2.05, 4.69) is 6.92 Å². The van der Waals surface area contributed by atoms with Crippen LogP contribution in [0.4, 0.5) is 0 Å². The van der Waals surface area contributed by atoms with Crippen molar-refractivity contribution in [3.63, 3.8) is 0 Å². The molecule has 0 atom stereocenters. The van der Waals surface area contributed by atoms with Crippen molar-refractivity contribution >= 4 is 17.3 Å². The Labute approximate surface area is 117 Å². The molecule has 0 heterocycles. The monoisotopic (exact) mass is 268 g/mol. The number of hydrogen-bond acceptors (Lipinski definition) is 3. The lowest BCUT2D eigenvalue weighted by atomic mass is 10.0. The molecule has 0 aliphatic rings. The zero-order chi connectivity index (χ0) is 14.5. The van der Waals surface area contributed by atoms with E-state index in [0.717, 1.165) is 32.1 Å². The van der Waals surface area contributed by atoms with Gasteiger partial charge in [-0.25, -0.2) is 0 Å². The minimum absolute atomic E-state index is 0.219. The van der Waals surface area contributed by atoms with Crippen molar-refractivity contribution in [3.05, 3.63) is 0 Å². The first-order valence-corrected chi connectivity index (χ1v) is 7.59. The van der Waals surface area contributed by atoms with Gasteiger partial charge in [0.2, 0.25) is 0 Å². The molecule has 0 aromatic carbocycles. The summed E-state index contributed by atoms with van der Waals surface area (Å²) in [7, 11) is 0. The Hall–Kier alpha value is -0.990. The van der Waals surface area contributed by atoms with Gasteiger partial charge in [0.05, 0.1) is 0 Å². The van der Waals surface area contributed by atoms with Crippen LogP contribution in [0.2, 0.25) is 0 Å². The topological polar surface area (TPSA) is 51.2 Å². The van der Waals surface area contributed by atoms with Crippen molar-refractivity contribution in [3.8, 4) is 0 Å². The average Bonchev–Trinajstić information content (AvgIpc) is 2.35. The Kier molecular flexibility index (Phi) is 11.4. The highest BCUT2D eigenvalue weighted by atomic mass is 16.1. The third-order valence-corrected chi connectivity index (χ3v) is 3.20. The molecule has 0 aromatic rings.